The van der Waals surface area contributed by atoms with E-state index in [0.717, 1.165) is 38.5 Å². The fraction of sp³-hybridized carbons (Fsp3) is 1.00. The van der Waals surface area contributed by atoms with Crippen LogP contribution in [-0.4, -0.2) is 73.5 Å². The van der Waals surface area contributed by atoms with E-state index in [1.165, 1.54) is 0 Å². The van der Waals surface area contributed by atoms with Gasteiger partial charge in [-0.2, -0.15) is 0 Å². The minimum atomic E-state index is -2.64. The van der Waals surface area contributed by atoms with E-state index in [1.807, 2.05) is 0 Å². The molecule has 0 aliphatic heterocycles. The highest BCUT2D eigenvalue weighted by atomic mass is 28.4. The van der Waals surface area contributed by atoms with Gasteiger partial charge in [-0.15, -0.1) is 0 Å². The first-order chi connectivity index (χ1) is 13.0. The number of hydrogen-bond acceptors (Lipinski definition) is 7. The van der Waals surface area contributed by atoms with Crippen LogP contribution in [0.4, 0.5) is 0 Å². The molecule has 0 saturated heterocycles. The first-order valence-corrected chi connectivity index (χ1v) is 13.5. The molecule has 0 radical (unpaired) electrons. The molecule has 2 atom stereocenters. The molecule has 0 aliphatic carbocycles. The first-order valence-electron chi connectivity index (χ1n) is 9.88. The molecule has 7 nitrogen and oxygen atoms in total. The van der Waals surface area contributed by atoms with Crippen molar-refractivity contribution in [1.29, 1.82) is 0 Å². The molecule has 9 heteroatoms. The van der Waals surface area contributed by atoms with Gasteiger partial charge in [0.05, 0.1) is 0 Å². The quantitative estimate of drug-likeness (QED) is 0.243. The van der Waals surface area contributed by atoms with Crippen LogP contribution < -0.4 is 0 Å². The van der Waals surface area contributed by atoms with E-state index < -0.39 is 17.6 Å². The van der Waals surface area contributed by atoms with Gasteiger partial charge in [-0.25, -0.2) is 0 Å². The van der Waals surface area contributed by atoms with Gasteiger partial charge < -0.3 is 31.3 Å². The lowest BCUT2D eigenvalue weighted by Crippen LogP contribution is -2.48. The summed E-state index contributed by atoms with van der Waals surface area (Å²) >= 11 is 0. The van der Waals surface area contributed by atoms with E-state index in [1.54, 1.807) is 42.7 Å². The zero-order valence-corrected chi connectivity index (χ0v) is 20.7. The Bertz CT molecular complexity index is 304. The summed E-state index contributed by atoms with van der Waals surface area (Å²) in [4.78, 5) is 0. The van der Waals surface area contributed by atoms with E-state index in [-0.39, 0.29) is 11.1 Å². The van der Waals surface area contributed by atoms with Crippen LogP contribution in [0, 0.1) is 0 Å². The van der Waals surface area contributed by atoms with Crippen molar-refractivity contribution in [3.63, 3.8) is 0 Å². The third-order valence-corrected chi connectivity index (χ3v) is 11.8. The van der Waals surface area contributed by atoms with Crippen LogP contribution in [0.25, 0.3) is 0 Å². The van der Waals surface area contributed by atoms with Crippen LogP contribution in [0.15, 0.2) is 0 Å². The van der Waals surface area contributed by atoms with Gasteiger partial charge in [-0.1, -0.05) is 26.7 Å². The molecule has 0 bridgehead atoms. The number of rotatable bonds is 18. The van der Waals surface area contributed by atoms with Crippen molar-refractivity contribution in [3.05, 3.63) is 0 Å². The summed E-state index contributed by atoms with van der Waals surface area (Å²) in [5, 5.41) is 0. The van der Waals surface area contributed by atoms with Crippen LogP contribution in [0.1, 0.15) is 52.4 Å². The molecular formula is C18H42O7Si2. The molecule has 0 spiro atoms. The monoisotopic (exact) mass is 426 g/mol. The Labute approximate surface area is 168 Å². The second-order valence-electron chi connectivity index (χ2n) is 6.59. The minimum Gasteiger partial charge on any atom is -0.381 e. The highest BCUT2D eigenvalue weighted by Crippen LogP contribution is 2.33. The van der Waals surface area contributed by atoms with Gasteiger partial charge in [0, 0.05) is 67.0 Å². The third-order valence-electron chi connectivity index (χ3n) is 5.20. The summed E-state index contributed by atoms with van der Waals surface area (Å²) in [7, 11) is 4.73. The second-order valence-corrected chi connectivity index (χ2v) is 13.1. The van der Waals surface area contributed by atoms with Crippen LogP contribution in [0.2, 0.25) is 11.1 Å². The maximum Gasteiger partial charge on any atom is 0.503 e. The normalized spacial score (nSPS) is 15.1. The molecule has 0 aromatic rings. The lowest BCUT2D eigenvalue weighted by atomic mass is 10.2. The molecule has 0 rings (SSSR count). The van der Waals surface area contributed by atoms with Crippen molar-refractivity contribution >= 4 is 17.6 Å². The van der Waals surface area contributed by atoms with E-state index >= 15 is 0 Å². The summed E-state index contributed by atoms with van der Waals surface area (Å²) < 4.78 is 39.9. The van der Waals surface area contributed by atoms with Gasteiger partial charge in [0.25, 0.3) is 0 Å². The summed E-state index contributed by atoms with van der Waals surface area (Å²) in [6.07, 6.45) is 5.81. The molecule has 0 saturated carbocycles. The molecule has 27 heavy (non-hydrogen) atoms. The predicted octanol–water partition coefficient (Wildman–Crippen LogP) is 3.88. The molecule has 164 valence electrons. The van der Waals surface area contributed by atoms with Crippen molar-refractivity contribution in [3.8, 4) is 0 Å². The first kappa shape index (κ1) is 27.2. The highest BCUT2D eigenvalue weighted by molar-refractivity contribution is 6.62. The molecule has 0 aliphatic rings. The van der Waals surface area contributed by atoms with Crippen molar-refractivity contribution in [1.82, 2.24) is 0 Å². The maximum atomic E-state index is 5.96. The Kier molecular flexibility index (Phi) is 15.1. The minimum absolute atomic E-state index is 0.235. The molecule has 0 aromatic carbocycles. The third kappa shape index (κ3) is 7.83. The van der Waals surface area contributed by atoms with Crippen molar-refractivity contribution in [2.24, 2.45) is 0 Å². The van der Waals surface area contributed by atoms with Crippen LogP contribution in [-0.2, 0) is 31.3 Å². The zero-order chi connectivity index (χ0) is 20.8. The molecule has 0 heterocycles. The van der Waals surface area contributed by atoms with E-state index in [2.05, 4.69) is 13.8 Å². The fourth-order valence-corrected chi connectivity index (χ4v) is 8.97. The molecule has 2 unspecified atom stereocenters. The van der Waals surface area contributed by atoms with Crippen LogP contribution in [0.3, 0.4) is 0 Å². The average Bonchev–Trinajstić information content (AvgIpc) is 2.70. The topological polar surface area (TPSA) is 64.6 Å². The highest BCUT2D eigenvalue weighted by Gasteiger charge is 2.47. The van der Waals surface area contributed by atoms with Gasteiger partial charge in [0.2, 0.25) is 0 Å². The summed E-state index contributed by atoms with van der Waals surface area (Å²) in [5.41, 5.74) is 0.471. The van der Waals surface area contributed by atoms with Gasteiger partial charge in [-0.3, -0.25) is 0 Å². The Morgan fingerprint density at radius 1 is 0.519 bits per heavy atom. The SMILES string of the molecule is CCCC(CCOCCC(CCC)[Si](OC)(OC)OC)[Si](OC)(OC)OC. The molecule has 0 fully saturated rings. The lowest BCUT2D eigenvalue weighted by Gasteiger charge is -2.33. The molecule has 0 N–H and O–H groups in total. The van der Waals surface area contributed by atoms with Crippen molar-refractivity contribution < 1.29 is 31.3 Å². The van der Waals surface area contributed by atoms with Crippen molar-refractivity contribution in [2.45, 2.75) is 63.5 Å². The summed E-state index contributed by atoms with van der Waals surface area (Å²) in [5.74, 6) is 0. The Morgan fingerprint density at radius 2 is 0.815 bits per heavy atom. The van der Waals surface area contributed by atoms with E-state index in [9.17, 15) is 0 Å². The van der Waals surface area contributed by atoms with E-state index in [0.29, 0.717) is 13.2 Å². The van der Waals surface area contributed by atoms with Gasteiger partial charge in [0.15, 0.2) is 0 Å². The Hall–Kier alpha value is 0.154. The van der Waals surface area contributed by atoms with Gasteiger partial charge in [0.1, 0.15) is 0 Å². The predicted molar refractivity (Wildman–Crippen MR) is 111 cm³/mol. The zero-order valence-electron chi connectivity index (χ0n) is 18.7. The van der Waals surface area contributed by atoms with Gasteiger partial charge in [-0.05, 0) is 25.7 Å². The fourth-order valence-electron chi connectivity index (χ4n) is 3.75. The average molecular weight is 427 g/mol. The standard InChI is InChI=1S/C18H42O7Si2/c1-9-11-17(26(19-3,20-4)21-5)13-15-25-16-14-18(12-10-2)27(22-6,23-7)24-8/h17-18H,9-16H2,1-8H3. The Morgan fingerprint density at radius 3 is 1.04 bits per heavy atom. The molecular weight excluding hydrogens is 384 g/mol. The molecule has 0 aromatic heterocycles. The van der Waals surface area contributed by atoms with Crippen LogP contribution in [0.5, 0.6) is 0 Å². The van der Waals surface area contributed by atoms with E-state index in [4.69, 9.17) is 31.3 Å². The van der Waals surface area contributed by atoms with Gasteiger partial charge >= 0.3 is 17.6 Å². The summed E-state index contributed by atoms with van der Waals surface area (Å²) in [6, 6.07) is 0. The largest absolute Gasteiger partial charge is 0.503 e. The molecule has 0 amide bonds. The summed E-state index contributed by atoms with van der Waals surface area (Å²) in [6.45, 7) is 5.62. The van der Waals surface area contributed by atoms with Crippen molar-refractivity contribution in [2.75, 3.05) is 55.9 Å². The number of hydrogen-bond donors (Lipinski definition) is 0. The second kappa shape index (κ2) is 15.1. The number of ether oxygens (including phenoxy) is 1. The van der Waals surface area contributed by atoms with Crippen LogP contribution >= 0.6 is 0 Å². The maximum absolute atomic E-state index is 5.96. The smallest absolute Gasteiger partial charge is 0.381 e. The Balaban J connectivity index is 4.66. The lowest BCUT2D eigenvalue weighted by molar-refractivity contribution is 0.0792.